The van der Waals surface area contributed by atoms with Gasteiger partial charge < -0.3 is 0 Å². The maximum absolute atomic E-state index is 13.5. The molecule has 0 saturated heterocycles. The summed E-state index contributed by atoms with van der Waals surface area (Å²) in [5.74, 6) is 0.843. The molecule has 3 aromatic carbocycles. The SMILES string of the molecule is Cc1ccc(S(=O)(=O)N(C)c2nc3ccccc3n3c(-c4ccc(C(C)(C)C)cc4)nnc23)cc1. The van der Waals surface area contributed by atoms with Crippen LogP contribution in [-0.4, -0.2) is 35.0 Å². The molecule has 0 atom stereocenters. The van der Waals surface area contributed by atoms with Gasteiger partial charge in [-0.2, -0.15) is 0 Å². The van der Waals surface area contributed by atoms with Crippen molar-refractivity contribution in [3.05, 3.63) is 83.9 Å². The topological polar surface area (TPSA) is 80.5 Å². The lowest BCUT2D eigenvalue weighted by Gasteiger charge is -2.20. The quantitative estimate of drug-likeness (QED) is 0.342. The monoisotopic (exact) mass is 485 g/mol. The number of hydrogen-bond donors (Lipinski definition) is 0. The molecule has 2 heterocycles. The van der Waals surface area contributed by atoms with Crippen molar-refractivity contribution in [1.29, 1.82) is 0 Å². The van der Waals surface area contributed by atoms with Crippen molar-refractivity contribution in [3.8, 4) is 11.4 Å². The van der Waals surface area contributed by atoms with E-state index in [0.29, 0.717) is 17.0 Å². The predicted octanol–water partition coefficient (Wildman–Crippen LogP) is 5.38. The molecule has 0 spiro atoms. The van der Waals surface area contributed by atoms with Gasteiger partial charge in [0.25, 0.3) is 10.0 Å². The summed E-state index contributed by atoms with van der Waals surface area (Å²) in [7, 11) is -2.36. The highest BCUT2D eigenvalue weighted by Gasteiger charge is 2.27. The molecule has 0 amide bonds. The lowest BCUT2D eigenvalue weighted by atomic mass is 9.87. The number of hydrogen-bond acceptors (Lipinski definition) is 5. The maximum Gasteiger partial charge on any atom is 0.265 e. The van der Waals surface area contributed by atoms with Gasteiger partial charge in [0.2, 0.25) is 5.65 Å². The molecule has 7 nitrogen and oxygen atoms in total. The Labute approximate surface area is 205 Å². The summed E-state index contributed by atoms with van der Waals surface area (Å²) in [5.41, 5.74) is 4.93. The second kappa shape index (κ2) is 8.16. The molecule has 5 rings (SSSR count). The van der Waals surface area contributed by atoms with Crippen LogP contribution in [0.5, 0.6) is 0 Å². The molecule has 8 heteroatoms. The van der Waals surface area contributed by atoms with Crippen LogP contribution < -0.4 is 4.31 Å². The number of rotatable bonds is 4. The van der Waals surface area contributed by atoms with Gasteiger partial charge in [0.1, 0.15) is 0 Å². The van der Waals surface area contributed by atoms with Crippen LogP contribution in [0.25, 0.3) is 28.1 Å². The van der Waals surface area contributed by atoms with E-state index in [0.717, 1.165) is 16.6 Å². The summed E-state index contributed by atoms with van der Waals surface area (Å²) in [4.78, 5) is 4.88. The number of anilines is 1. The minimum atomic E-state index is -3.86. The highest BCUT2D eigenvalue weighted by molar-refractivity contribution is 7.92. The van der Waals surface area contributed by atoms with Crippen LogP contribution in [0, 0.1) is 6.92 Å². The summed E-state index contributed by atoms with van der Waals surface area (Å²) in [6.45, 7) is 8.43. The first-order valence-electron chi connectivity index (χ1n) is 11.4. The third kappa shape index (κ3) is 3.93. The highest BCUT2D eigenvalue weighted by Crippen LogP contribution is 2.31. The smallest absolute Gasteiger partial charge is 0.265 e. The molecule has 0 aliphatic heterocycles. The van der Waals surface area contributed by atoms with E-state index in [9.17, 15) is 8.42 Å². The van der Waals surface area contributed by atoms with Gasteiger partial charge in [-0.25, -0.2) is 17.7 Å². The highest BCUT2D eigenvalue weighted by atomic mass is 32.2. The first kappa shape index (κ1) is 23.0. The van der Waals surface area contributed by atoms with Crippen LogP contribution in [0.2, 0.25) is 0 Å². The third-order valence-electron chi connectivity index (χ3n) is 6.20. The summed E-state index contributed by atoms with van der Waals surface area (Å²) >= 11 is 0. The zero-order chi connectivity index (χ0) is 25.0. The fourth-order valence-electron chi connectivity index (χ4n) is 4.07. The summed E-state index contributed by atoms with van der Waals surface area (Å²) < 4.78 is 30.0. The molecule has 0 aliphatic carbocycles. The molecule has 0 bridgehead atoms. The van der Waals surface area contributed by atoms with E-state index in [4.69, 9.17) is 0 Å². The zero-order valence-corrected chi connectivity index (χ0v) is 21.2. The number of para-hydroxylation sites is 2. The van der Waals surface area contributed by atoms with Crippen LogP contribution in [-0.2, 0) is 15.4 Å². The second-order valence-electron chi connectivity index (χ2n) is 9.72. The molecular weight excluding hydrogens is 458 g/mol. The van der Waals surface area contributed by atoms with Crippen molar-refractivity contribution >= 4 is 32.5 Å². The first-order chi connectivity index (χ1) is 16.6. The van der Waals surface area contributed by atoms with Gasteiger partial charge in [0.15, 0.2) is 11.6 Å². The number of benzene rings is 3. The molecule has 35 heavy (non-hydrogen) atoms. The van der Waals surface area contributed by atoms with E-state index in [1.165, 1.54) is 16.9 Å². The Balaban J connectivity index is 1.72. The maximum atomic E-state index is 13.5. The number of nitrogens with zero attached hydrogens (tertiary/aromatic N) is 5. The number of aromatic nitrogens is 4. The van der Waals surface area contributed by atoms with Gasteiger partial charge in [0, 0.05) is 12.6 Å². The molecule has 5 aromatic rings. The largest absolute Gasteiger partial charge is 0.270 e. The van der Waals surface area contributed by atoms with E-state index < -0.39 is 10.0 Å². The van der Waals surface area contributed by atoms with Crippen molar-refractivity contribution in [2.45, 2.75) is 38.0 Å². The Morgan fingerprint density at radius 1 is 0.857 bits per heavy atom. The average Bonchev–Trinajstić information content (AvgIpc) is 3.28. The summed E-state index contributed by atoms with van der Waals surface area (Å²) in [6.07, 6.45) is 0. The fraction of sp³-hybridized carbons (Fsp3) is 0.222. The minimum absolute atomic E-state index is 0.0300. The first-order valence-corrected chi connectivity index (χ1v) is 12.8. The molecule has 0 N–H and O–H groups in total. The van der Waals surface area contributed by atoms with Crippen LogP contribution in [0.4, 0.5) is 5.82 Å². The van der Waals surface area contributed by atoms with Crippen LogP contribution in [0.15, 0.2) is 77.7 Å². The average molecular weight is 486 g/mol. The Morgan fingerprint density at radius 3 is 2.17 bits per heavy atom. The van der Waals surface area contributed by atoms with E-state index in [2.05, 4.69) is 48.1 Å². The molecule has 0 aliphatic rings. The molecule has 0 unspecified atom stereocenters. The normalized spacial score (nSPS) is 12.4. The second-order valence-corrected chi connectivity index (χ2v) is 11.7. The predicted molar refractivity (Wildman–Crippen MR) is 139 cm³/mol. The van der Waals surface area contributed by atoms with Crippen molar-refractivity contribution < 1.29 is 8.42 Å². The number of sulfonamides is 1. The Kier molecular flexibility index (Phi) is 5.36. The van der Waals surface area contributed by atoms with Crippen molar-refractivity contribution in [2.24, 2.45) is 0 Å². The number of fused-ring (bicyclic) bond motifs is 3. The molecule has 178 valence electrons. The molecule has 2 aromatic heterocycles. The summed E-state index contributed by atoms with van der Waals surface area (Å²) in [5, 5.41) is 8.87. The van der Waals surface area contributed by atoms with Gasteiger partial charge in [-0.1, -0.05) is 74.9 Å². The van der Waals surface area contributed by atoms with E-state index in [1.54, 1.807) is 24.3 Å². The minimum Gasteiger partial charge on any atom is -0.270 e. The molecular formula is C27H27N5O2S. The van der Waals surface area contributed by atoms with Gasteiger partial charge >= 0.3 is 0 Å². The van der Waals surface area contributed by atoms with Crippen LogP contribution in [0.3, 0.4) is 0 Å². The van der Waals surface area contributed by atoms with E-state index >= 15 is 0 Å². The zero-order valence-electron chi connectivity index (χ0n) is 20.4. The Morgan fingerprint density at radius 2 is 1.51 bits per heavy atom. The third-order valence-corrected chi connectivity index (χ3v) is 7.96. The van der Waals surface area contributed by atoms with E-state index in [1.807, 2.05) is 47.7 Å². The summed E-state index contributed by atoms with van der Waals surface area (Å²) in [6, 6.07) is 22.6. The Hall–Kier alpha value is -3.78. The molecule has 0 fully saturated rings. The van der Waals surface area contributed by atoms with Crippen LogP contribution in [0.1, 0.15) is 31.9 Å². The van der Waals surface area contributed by atoms with Crippen molar-refractivity contribution in [2.75, 3.05) is 11.4 Å². The van der Waals surface area contributed by atoms with Gasteiger partial charge in [0.05, 0.1) is 15.9 Å². The lowest BCUT2D eigenvalue weighted by molar-refractivity contribution is 0.590. The van der Waals surface area contributed by atoms with E-state index in [-0.39, 0.29) is 16.1 Å². The lowest BCUT2D eigenvalue weighted by Crippen LogP contribution is -2.28. The van der Waals surface area contributed by atoms with Gasteiger partial charge in [-0.15, -0.1) is 10.2 Å². The van der Waals surface area contributed by atoms with Crippen molar-refractivity contribution in [3.63, 3.8) is 0 Å². The van der Waals surface area contributed by atoms with Gasteiger partial charge in [-0.05, 0) is 42.2 Å². The fourth-order valence-corrected chi connectivity index (χ4v) is 5.22. The van der Waals surface area contributed by atoms with Gasteiger partial charge in [-0.3, -0.25) is 4.40 Å². The molecule has 0 saturated carbocycles. The van der Waals surface area contributed by atoms with Crippen molar-refractivity contribution in [1.82, 2.24) is 19.6 Å². The van der Waals surface area contributed by atoms with Crippen LogP contribution >= 0.6 is 0 Å². The standard InChI is InChI=1S/C27H27N5O2S/c1-18-10-16-21(17-11-18)35(33,34)31(5)25-26-30-29-24(19-12-14-20(15-13-19)27(2,3)4)32(26)23-9-7-6-8-22(23)28-25/h6-17H,1-5H3. The molecule has 0 radical (unpaired) electrons. The Bertz CT molecular complexity index is 1650. The number of aryl methyl sites for hydroxylation is 1.